The molecule has 30 heavy (non-hydrogen) atoms. The van der Waals surface area contributed by atoms with Gasteiger partial charge in [0, 0.05) is 23.1 Å². The first-order valence-electron chi connectivity index (χ1n) is 9.93. The quantitative estimate of drug-likeness (QED) is 0.536. The zero-order valence-corrected chi connectivity index (χ0v) is 16.6. The molecule has 9 heteroatoms. The third kappa shape index (κ3) is 5.31. The lowest BCUT2D eigenvalue weighted by Gasteiger charge is -2.29. The van der Waals surface area contributed by atoms with Gasteiger partial charge in [0.15, 0.2) is 6.61 Å². The Morgan fingerprint density at radius 3 is 2.60 bits per heavy atom. The maximum Gasteiger partial charge on any atom is 0.422 e. The van der Waals surface area contributed by atoms with Crippen LogP contribution in [0.5, 0.6) is 0 Å². The van der Waals surface area contributed by atoms with E-state index in [2.05, 4.69) is 15.0 Å². The van der Waals surface area contributed by atoms with E-state index in [0.717, 1.165) is 28.6 Å². The summed E-state index contributed by atoms with van der Waals surface area (Å²) in [6.45, 7) is 0.486. The molecule has 1 amide bonds. The van der Waals surface area contributed by atoms with Gasteiger partial charge in [-0.15, -0.1) is 0 Å². The second-order valence-electron chi connectivity index (χ2n) is 7.68. The van der Waals surface area contributed by atoms with E-state index in [0.29, 0.717) is 25.7 Å². The minimum Gasteiger partial charge on any atom is -0.456 e. The molecule has 2 N–H and O–H groups in total. The molecule has 3 rings (SSSR count). The summed E-state index contributed by atoms with van der Waals surface area (Å²) in [7, 11) is 0. The number of carbonyl (C=O) groups excluding carboxylic acids is 2. The second kappa shape index (κ2) is 9.06. The average molecular weight is 428 g/mol. The first-order valence-corrected chi connectivity index (χ1v) is 9.93. The molecule has 5 nitrogen and oxygen atoms in total. The summed E-state index contributed by atoms with van der Waals surface area (Å²) < 4.78 is 54.9. The molecule has 1 heterocycles. The summed E-state index contributed by atoms with van der Waals surface area (Å²) >= 11 is 0. The fourth-order valence-electron chi connectivity index (χ4n) is 4.11. The highest BCUT2D eigenvalue weighted by molar-refractivity contribution is 5.86. The van der Waals surface area contributed by atoms with Gasteiger partial charge in [0.05, 0.1) is 11.8 Å². The highest BCUT2D eigenvalue weighted by Crippen LogP contribution is 2.32. The van der Waals surface area contributed by atoms with Crippen molar-refractivity contribution in [2.24, 2.45) is 11.8 Å². The average Bonchev–Trinajstić information content (AvgIpc) is 3.00. The van der Waals surface area contributed by atoms with Gasteiger partial charge in [-0.2, -0.15) is 13.2 Å². The third-order valence-corrected chi connectivity index (χ3v) is 5.54. The monoisotopic (exact) mass is 428 g/mol. The van der Waals surface area contributed by atoms with Gasteiger partial charge in [0.25, 0.3) is 0 Å². The van der Waals surface area contributed by atoms with Crippen LogP contribution >= 0.6 is 0 Å². The zero-order chi connectivity index (χ0) is 21.9. The van der Waals surface area contributed by atoms with E-state index in [-0.39, 0.29) is 18.3 Å². The number of benzene rings is 1. The van der Waals surface area contributed by atoms with Crippen LogP contribution in [0.4, 0.5) is 17.6 Å². The topological polar surface area (TPSA) is 71.2 Å². The van der Waals surface area contributed by atoms with Crippen molar-refractivity contribution in [2.75, 3.05) is 13.2 Å². The fraction of sp³-hybridized carbons (Fsp3) is 0.524. The number of aromatic amines is 1. The normalized spacial score (nSPS) is 19.6. The van der Waals surface area contributed by atoms with Crippen molar-refractivity contribution in [3.63, 3.8) is 0 Å². The molecule has 2 aromatic rings. The van der Waals surface area contributed by atoms with Crippen molar-refractivity contribution >= 4 is 22.8 Å². The number of halogens is 4. The van der Waals surface area contributed by atoms with Crippen molar-refractivity contribution in [2.45, 2.75) is 45.2 Å². The smallest absolute Gasteiger partial charge is 0.422 e. The minimum atomic E-state index is -4.60. The van der Waals surface area contributed by atoms with Gasteiger partial charge in [-0.25, -0.2) is 4.39 Å². The number of rotatable bonds is 6. The molecule has 0 aliphatic heterocycles. The lowest BCUT2D eigenvalue weighted by atomic mass is 9.78. The van der Waals surface area contributed by atoms with E-state index < -0.39 is 30.6 Å². The van der Waals surface area contributed by atoms with E-state index in [1.807, 2.05) is 6.92 Å². The highest BCUT2D eigenvalue weighted by atomic mass is 19.4. The Labute approximate surface area is 171 Å². The van der Waals surface area contributed by atoms with Crippen LogP contribution in [0, 0.1) is 24.6 Å². The molecule has 0 saturated heterocycles. The van der Waals surface area contributed by atoms with Gasteiger partial charge in [0.1, 0.15) is 5.82 Å². The summed E-state index contributed by atoms with van der Waals surface area (Å²) in [5.74, 6) is -3.28. The van der Waals surface area contributed by atoms with E-state index in [9.17, 15) is 27.2 Å². The Morgan fingerprint density at radius 1 is 1.20 bits per heavy atom. The molecular formula is C21H24F4N2O3. The van der Waals surface area contributed by atoms with Crippen LogP contribution in [0.15, 0.2) is 18.2 Å². The number of aromatic nitrogens is 1. The van der Waals surface area contributed by atoms with Gasteiger partial charge in [-0.3, -0.25) is 9.59 Å². The Kier molecular flexibility index (Phi) is 6.67. The predicted octanol–water partition coefficient (Wildman–Crippen LogP) is 4.19. The number of esters is 1. The highest BCUT2D eigenvalue weighted by Gasteiger charge is 2.38. The molecular weight excluding hydrogens is 404 g/mol. The largest absolute Gasteiger partial charge is 0.456 e. The van der Waals surface area contributed by atoms with Gasteiger partial charge in [-0.05, 0) is 49.9 Å². The van der Waals surface area contributed by atoms with Gasteiger partial charge in [-0.1, -0.05) is 12.8 Å². The van der Waals surface area contributed by atoms with Gasteiger partial charge < -0.3 is 15.0 Å². The van der Waals surface area contributed by atoms with Crippen LogP contribution in [0.3, 0.4) is 0 Å². The lowest BCUT2D eigenvalue weighted by Crippen LogP contribution is -2.41. The Morgan fingerprint density at radius 2 is 1.90 bits per heavy atom. The zero-order valence-electron chi connectivity index (χ0n) is 16.6. The summed E-state index contributed by atoms with van der Waals surface area (Å²) in [6.07, 6.45) is -2.00. The van der Waals surface area contributed by atoms with Gasteiger partial charge in [0.2, 0.25) is 5.91 Å². The number of ether oxygens (including phenoxy) is 1. The fourth-order valence-corrected chi connectivity index (χ4v) is 4.11. The molecule has 1 fully saturated rings. The van der Waals surface area contributed by atoms with E-state index in [4.69, 9.17) is 0 Å². The Balaban J connectivity index is 1.60. The number of fused-ring (bicyclic) bond motifs is 1. The van der Waals surface area contributed by atoms with Crippen LogP contribution in [0.2, 0.25) is 0 Å². The van der Waals surface area contributed by atoms with E-state index in [1.165, 1.54) is 12.1 Å². The number of hydrogen-bond donors (Lipinski definition) is 2. The number of alkyl halides is 3. The molecule has 0 spiro atoms. The van der Waals surface area contributed by atoms with Crippen molar-refractivity contribution in [3.05, 3.63) is 35.3 Å². The molecule has 0 unspecified atom stereocenters. The van der Waals surface area contributed by atoms with Crippen LogP contribution in [0.25, 0.3) is 10.9 Å². The van der Waals surface area contributed by atoms with Crippen LogP contribution in [0.1, 0.15) is 36.9 Å². The standard InChI is InChI=1S/C21H24F4N2O3/c1-12-14(17-10-13(22)6-7-18(17)27-12)8-9-26-19(28)15-4-2-3-5-16(15)20(29)30-11-21(23,24)25/h6-7,10,15-16,27H,2-5,8-9,11H2,1H3,(H,26,28)/t15-,16+/m0/s1. The summed E-state index contributed by atoms with van der Waals surface area (Å²) in [6, 6.07) is 4.45. The van der Waals surface area contributed by atoms with Crippen molar-refractivity contribution < 1.29 is 31.9 Å². The Bertz CT molecular complexity index is 923. The first-order chi connectivity index (χ1) is 14.2. The third-order valence-electron chi connectivity index (χ3n) is 5.54. The first kappa shape index (κ1) is 22.1. The number of amides is 1. The number of aryl methyl sites for hydroxylation is 1. The van der Waals surface area contributed by atoms with E-state index in [1.54, 1.807) is 6.07 Å². The molecule has 1 aromatic heterocycles. The number of hydrogen-bond acceptors (Lipinski definition) is 3. The molecule has 0 bridgehead atoms. The molecule has 1 aromatic carbocycles. The van der Waals surface area contributed by atoms with Crippen LogP contribution in [-0.2, 0) is 20.7 Å². The number of H-pyrrole nitrogens is 1. The molecule has 1 aliphatic carbocycles. The molecule has 0 radical (unpaired) electrons. The van der Waals surface area contributed by atoms with Crippen molar-refractivity contribution in [3.8, 4) is 0 Å². The van der Waals surface area contributed by atoms with E-state index >= 15 is 0 Å². The van der Waals surface area contributed by atoms with Gasteiger partial charge >= 0.3 is 12.1 Å². The molecule has 164 valence electrons. The molecule has 1 aliphatic rings. The number of nitrogens with one attached hydrogen (secondary N) is 2. The predicted molar refractivity (Wildman–Crippen MR) is 102 cm³/mol. The molecule has 2 atom stereocenters. The second-order valence-corrected chi connectivity index (χ2v) is 7.68. The summed E-state index contributed by atoms with van der Waals surface area (Å²) in [4.78, 5) is 27.9. The lowest BCUT2D eigenvalue weighted by molar-refractivity contribution is -0.191. The van der Waals surface area contributed by atoms with Crippen molar-refractivity contribution in [1.82, 2.24) is 10.3 Å². The van der Waals surface area contributed by atoms with Crippen molar-refractivity contribution in [1.29, 1.82) is 0 Å². The maximum atomic E-state index is 13.6. The summed E-state index contributed by atoms with van der Waals surface area (Å²) in [5, 5.41) is 3.52. The Hall–Kier alpha value is -2.58. The minimum absolute atomic E-state index is 0.268. The summed E-state index contributed by atoms with van der Waals surface area (Å²) in [5.41, 5.74) is 2.56. The number of carbonyl (C=O) groups is 2. The molecule has 1 saturated carbocycles. The van der Waals surface area contributed by atoms with Crippen LogP contribution in [-0.4, -0.2) is 36.2 Å². The SMILES string of the molecule is Cc1[nH]c2ccc(F)cc2c1CCNC(=O)[C@H]1CCCC[C@H]1C(=O)OCC(F)(F)F. The van der Waals surface area contributed by atoms with Crippen LogP contribution < -0.4 is 5.32 Å². The maximum absolute atomic E-state index is 13.6.